The number of carbonyl (C=O) groups is 1. The van der Waals surface area contributed by atoms with Gasteiger partial charge in [0.15, 0.2) is 0 Å². The molecule has 1 amide bonds. The van der Waals surface area contributed by atoms with E-state index in [1.807, 2.05) is 23.1 Å². The van der Waals surface area contributed by atoms with Crippen molar-refractivity contribution in [2.24, 2.45) is 5.41 Å². The highest BCUT2D eigenvalue weighted by atomic mass is 16.2. The van der Waals surface area contributed by atoms with Crippen molar-refractivity contribution in [3.05, 3.63) is 23.9 Å². The smallest absolute Gasteiger partial charge is 0.222 e. The maximum Gasteiger partial charge on any atom is 0.222 e. The first kappa shape index (κ1) is 14.8. The van der Waals surface area contributed by atoms with Crippen molar-refractivity contribution < 1.29 is 4.79 Å². The van der Waals surface area contributed by atoms with E-state index in [-0.39, 0.29) is 11.3 Å². The number of pyridine rings is 1. The summed E-state index contributed by atoms with van der Waals surface area (Å²) in [4.78, 5) is 18.7. The highest BCUT2D eigenvalue weighted by Crippen LogP contribution is 2.30. The van der Waals surface area contributed by atoms with Crippen LogP contribution in [0, 0.1) is 5.41 Å². The third-order valence-corrected chi connectivity index (χ3v) is 3.94. The van der Waals surface area contributed by atoms with E-state index in [0.29, 0.717) is 13.0 Å². The Morgan fingerprint density at radius 1 is 1.35 bits per heavy atom. The molecule has 1 aliphatic rings. The predicted molar refractivity (Wildman–Crippen MR) is 81.4 cm³/mol. The van der Waals surface area contributed by atoms with Crippen molar-refractivity contribution >= 4 is 11.7 Å². The van der Waals surface area contributed by atoms with Gasteiger partial charge in [0.25, 0.3) is 0 Å². The number of anilines is 1. The van der Waals surface area contributed by atoms with Gasteiger partial charge in [-0.15, -0.1) is 0 Å². The molecule has 0 atom stereocenters. The molecular formula is C16H25N3O. The molecule has 0 aliphatic carbocycles. The summed E-state index contributed by atoms with van der Waals surface area (Å²) in [7, 11) is 0. The normalized spacial score (nSPS) is 18.8. The summed E-state index contributed by atoms with van der Waals surface area (Å²) in [6, 6.07) is 5.94. The molecule has 1 fully saturated rings. The van der Waals surface area contributed by atoms with Gasteiger partial charge >= 0.3 is 0 Å². The predicted octanol–water partition coefficient (Wildman–Crippen LogP) is 3.05. The summed E-state index contributed by atoms with van der Waals surface area (Å²) in [5.41, 5.74) is 1.22. The molecule has 110 valence electrons. The second kappa shape index (κ2) is 6.25. The first-order valence-corrected chi connectivity index (χ1v) is 7.48. The number of aromatic nitrogens is 1. The van der Waals surface area contributed by atoms with Crippen molar-refractivity contribution in [2.45, 2.75) is 46.6 Å². The van der Waals surface area contributed by atoms with Gasteiger partial charge in [0, 0.05) is 19.5 Å². The van der Waals surface area contributed by atoms with Gasteiger partial charge in [-0.05, 0) is 37.3 Å². The van der Waals surface area contributed by atoms with Gasteiger partial charge < -0.3 is 10.2 Å². The molecule has 1 saturated heterocycles. The van der Waals surface area contributed by atoms with E-state index in [9.17, 15) is 4.79 Å². The zero-order chi connectivity index (χ0) is 14.6. The average molecular weight is 275 g/mol. The van der Waals surface area contributed by atoms with E-state index in [4.69, 9.17) is 0 Å². The van der Waals surface area contributed by atoms with Gasteiger partial charge in [0.05, 0.1) is 12.2 Å². The minimum Gasteiger partial charge on any atom is -0.370 e. The summed E-state index contributed by atoms with van der Waals surface area (Å²) < 4.78 is 0. The van der Waals surface area contributed by atoms with Crippen molar-refractivity contribution in [1.82, 2.24) is 9.88 Å². The summed E-state index contributed by atoms with van der Waals surface area (Å²) in [5.74, 6) is 1.14. The molecule has 4 heteroatoms. The Bertz CT molecular complexity index is 471. The van der Waals surface area contributed by atoms with Crippen LogP contribution in [0.5, 0.6) is 0 Å². The zero-order valence-corrected chi connectivity index (χ0v) is 12.8. The lowest BCUT2D eigenvalue weighted by molar-refractivity contribution is -0.131. The molecule has 1 aromatic rings. The third-order valence-electron chi connectivity index (χ3n) is 3.94. The van der Waals surface area contributed by atoms with Gasteiger partial charge in [-0.25, -0.2) is 4.98 Å². The quantitative estimate of drug-likeness (QED) is 0.918. The standard InChI is InChI=1S/C16H25N3O/c1-4-17-14-7-5-6-13(18-14)12-19-11-10-16(2,3)9-8-15(19)20/h5-7H,4,8-12H2,1-3H3,(H,17,18). The molecule has 0 bridgehead atoms. The van der Waals surface area contributed by atoms with Crippen LogP contribution in [0.1, 0.15) is 45.7 Å². The van der Waals surface area contributed by atoms with E-state index in [0.717, 1.165) is 37.4 Å². The van der Waals surface area contributed by atoms with Crippen LogP contribution in [0.2, 0.25) is 0 Å². The monoisotopic (exact) mass is 275 g/mol. The summed E-state index contributed by atoms with van der Waals surface area (Å²) >= 11 is 0. The second-order valence-electron chi connectivity index (χ2n) is 6.27. The minimum absolute atomic E-state index is 0.256. The summed E-state index contributed by atoms with van der Waals surface area (Å²) in [6.45, 7) is 8.84. The number of rotatable bonds is 4. The Labute approximate surface area is 121 Å². The number of hydrogen-bond donors (Lipinski definition) is 1. The van der Waals surface area contributed by atoms with E-state index in [1.54, 1.807) is 0 Å². The Hall–Kier alpha value is -1.58. The largest absolute Gasteiger partial charge is 0.370 e. The summed E-state index contributed by atoms with van der Waals surface area (Å²) in [6.07, 6.45) is 2.69. The Kier molecular flexibility index (Phi) is 4.63. The molecule has 0 radical (unpaired) electrons. The van der Waals surface area contributed by atoms with Crippen LogP contribution >= 0.6 is 0 Å². The Balaban J connectivity index is 2.04. The molecule has 20 heavy (non-hydrogen) atoms. The molecule has 0 saturated carbocycles. The molecule has 1 aliphatic heterocycles. The number of nitrogens with zero attached hydrogens (tertiary/aromatic N) is 2. The molecule has 1 N–H and O–H groups in total. The Morgan fingerprint density at radius 2 is 2.15 bits per heavy atom. The lowest BCUT2D eigenvalue weighted by Crippen LogP contribution is -2.30. The minimum atomic E-state index is 0.256. The van der Waals surface area contributed by atoms with Crippen LogP contribution in [-0.2, 0) is 11.3 Å². The number of amides is 1. The number of likely N-dealkylation sites (tertiary alicyclic amines) is 1. The highest BCUT2D eigenvalue weighted by Gasteiger charge is 2.27. The fourth-order valence-electron chi connectivity index (χ4n) is 2.50. The van der Waals surface area contributed by atoms with Crippen LogP contribution in [0.4, 0.5) is 5.82 Å². The number of carbonyl (C=O) groups excluding carboxylic acids is 1. The molecule has 0 aromatic carbocycles. The van der Waals surface area contributed by atoms with E-state index in [1.165, 1.54) is 0 Å². The first-order valence-electron chi connectivity index (χ1n) is 7.48. The van der Waals surface area contributed by atoms with Crippen molar-refractivity contribution in [3.8, 4) is 0 Å². The fraction of sp³-hybridized carbons (Fsp3) is 0.625. The van der Waals surface area contributed by atoms with Crippen molar-refractivity contribution in [1.29, 1.82) is 0 Å². The van der Waals surface area contributed by atoms with Crippen molar-refractivity contribution in [2.75, 3.05) is 18.4 Å². The molecule has 1 aromatic heterocycles. The molecule has 2 rings (SSSR count). The SMILES string of the molecule is CCNc1cccc(CN2CCC(C)(C)CCC2=O)n1. The molecule has 0 unspecified atom stereocenters. The van der Waals surface area contributed by atoms with Crippen LogP contribution in [0.15, 0.2) is 18.2 Å². The van der Waals surface area contributed by atoms with Gasteiger partial charge in [0.1, 0.15) is 5.82 Å². The number of nitrogens with one attached hydrogen (secondary N) is 1. The lowest BCUT2D eigenvalue weighted by atomic mass is 9.85. The van der Waals surface area contributed by atoms with Gasteiger partial charge in [-0.1, -0.05) is 19.9 Å². The Morgan fingerprint density at radius 3 is 2.90 bits per heavy atom. The topological polar surface area (TPSA) is 45.2 Å². The zero-order valence-electron chi connectivity index (χ0n) is 12.8. The molecule has 0 spiro atoms. The summed E-state index contributed by atoms with van der Waals surface area (Å²) in [5, 5.41) is 3.21. The maximum absolute atomic E-state index is 12.2. The molecular weight excluding hydrogens is 250 g/mol. The van der Waals surface area contributed by atoms with E-state index in [2.05, 4.69) is 31.1 Å². The average Bonchev–Trinajstić information content (AvgIpc) is 2.53. The van der Waals surface area contributed by atoms with E-state index >= 15 is 0 Å². The molecule has 2 heterocycles. The fourth-order valence-corrected chi connectivity index (χ4v) is 2.50. The van der Waals surface area contributed by atoms with Gasteiger partial charge in [-0.2, -0.15) is 0 Å². The van der Waals surface area contributed by atoms with Crippen LogP contribution in [0.3, 0.4) is 0 Å². The van der Waals surface area contributed by atoms with Gasteiger partial charge in [0.2, 0.25) is 5.91 Å². The number of hydrogen-bond acceptors (Lipinski definition) is 3. The maximum atomic E-state index is 12.2. The van der Waals surface area contributed by atoms with Crippen LogP contribution in [0.25, 0.3) is 0 Å². The third kappa shape index (κ3) is 3.95. The highest BCUT2D eigenvalue weighted by molar-refractivity contribution is 5.76. The lowest BCUT2D eigenvalue weighted by Gasteiger charge is -2.23. The second-order valence-corrected chi connectivity index (χ2v) is 6.27. The van der Waals surface area contributed by atoms with E-state index < -0.39 is 0 Å². The van der Waals surface area contributed by atoms with Gasteiger partial charge in [-0.3, -0.25) is 4.79 Å². The van der Waals surface area contributed by atoms with Crippen LogP contribution in [-0.4, -0.2) is 28.9 Å². The molecule has 4 nitrogen and oxygen atoms in total. The van der Waals surface area contributed by atoms with Crippen LogP contribution < -0.4 is 5.32 Å². The van der Waals surface area contributed by atoms with Crippen molar-refractivity contribution in [3.63, 3.8) is 0 Å². The first-order chi connectivity index (χ1) is 9.50.